The zero-order chi connectivity index (χ0) is 26.8. The molecule has 8 heteroatoms. The quantitative estimate of drug-likeness (QED) is 0.237. The lowest BCUT2D eigenvalue weighted by molar-refractivity contribution is -0.642. The summed E-state index contributed by atoms with van der Waals surface area (Å²) in [7, 11) is 7.14. The van der Waals surface area contributed by atoms with Gasteiger partial charge in [-0.3, -0.25) is 0 Å². The molecule has 1 atom stereocenters. The number of methoxy groups -OCH3 is 2. The van der Waals surface area contributed by atoms with Gasteiger partial charge in [-0.25, -0.2) is 0 Å². The lowest BCUT2D eigenvalue weighted by Gasteiger charge is -2.12. The number of ether oxygens (including phenoxy) is 4. The van der Waals surface area contributed by atoms with Gasteiger partial charge in [0.25, 0.3) is 0 Å². The first-order chi connectivity index (χ1) is 18.4. The molecular weight excluding hydrogens is 484 g/mol. The Balaban J connectivity index is 0.000000207. The maximum Gasteiger partial charge on any atom is 0.231 e. The first kappa shape index (κ1) is 25.4. The number of aliphatic hydroxyl groups is 1. The van der Waals surface area contributed by atoms with Crippen molar-refractivity contribution in [2.24, 2.45) is 7.05 Å². The number of phenols is 1. The average Bonchev–Trinajstić information content (AvgIpc) is 3.38. The van der Waals surface area contributed by atoms with Gasteiger partial charge < -0.3 is 34.5 Å². The molecule has 4 aromatic carbocycles. The van der Waals surface area contributed by atoms with Gasteiger partial charge in [-0.2, -0.15) is 4.57 Å². The van der Waals surface area contributed by atoms with Gasteiger partial charge in [0.05, 0.1) is 36.5 Å². The molecule has 1 aliphatic rings. The highest BCUT2D eigenvalue weighted by atomic mass is 16.7. The van der Waals surface area contributed by atoms with Gasteiger partial charge in [-0.05, 0) is 60.5 Å². The zero-order valence-corrected chi connectivity index (χ0v) is 21.8. The fraction of sp³-hybridized carbons (Fsp3) is 0.233. The van der Waals surface area contributed by atoms with E-state index in [9.17, 15) is 5.11 Å². The number of phenolic OH excluding ortho intramolecular Hbond substituents is 1. The number of nitrogens with zero attached hydrogens (tertiary/aromatic N) is 1. The summed E-state index contributed by atoms with van der Waals surface area (Å²) in [6.07, 6.45) is 1.53. The molecule has 0 amide bonds. The van der Waals surface area contributed by atoms with Crippen molar-refractivity contribution >= 4 is 32.4 Å². The third-order valence-corrected chi connectivity index (χ3v) is 6.69. The van der Waals surface area contributed by atoms with E-state index in [4.69, 9.17) is 24.1 Å². The second-order valence-electron chi connectivity index (χ2n) is 9.06. The number of pyridine rings is 1. The van der Waals surface area contributed by atoms with Crippen LogP contribution in [-0.2, 0) is 7.05 Å². The average molecular weight is 516 g/mol. The van der Waals surface area contributed by atoms with Crippen LogP contribution in [0.3, 0.4) is 0 Å². The number of likely N-dealkylation sites (N-methyl/N-ethyl adjacent to an activating group) is 1. The highest BCUT2D eigenvalue weighted by Crippen LogP contribution is 2.41. The molecule has 3 N–H and O–H groups in total. The van der Waals surface area contributed by atoms with E-state index >= 15 is 0 Å². The number of fused-ring (bicyclic) bond motifs is 6. The van der Waals surface area contributed by atoms with Crippen molar-refractivity contribution in [2.75, 3.05) is 34.6 Å². The number of hydrogen-bond acceptors (Lipinski definition) is 7. The number of aliphatic hydroxyl groups excluding tert-OH is 1. The molecule has 196 valence electrons. The van der Waals surface area contributed by atoms with Crippen LogP contribution in [0.1, 0.15) is 11.7 Å². The SMILES string of the molecule is CNC[C@H](O)c1cccc(O)c1.COc1ccc2c(c[n+](C)c3c4cc5c(cc4ccc23)OCO5)c1OC. The minimum atomic E-state index is -0.554. The standard InChI is InChI=1S/C21H18NO4.C9H13NO2/c1-22-10-16-13(6-7-17(23-2)21(16)24-3)14-5-4-12-8-18-19(26-11-25-18)9-15(12)20(14)22;1-10-6-9(12)7-3-2-4-8(11)5-7/h4-10H,11H2,1-3H3;2-5,9-12H,6H2,1H3/q+1;/t;9-/m.0/s1. The Morgan fingerprint density at radius 2 is 1.68 bits per heavy atom. The lowest BCUT2D eigenvalue weighted by atomic mass is 10.00. The van der Waals surface area contributed by atoms with Gasteiger partial charge in [0.15, 0.2) is 29.2 Å². The molecule has 8 nitrogen and oxygen atoms in total. The number of rotatable bonds is 5. The normalized spacial score (nSPS) is 12.9. The van der Waals surface area contributed by atoms with Gasteiger partial charge in [-0.15, -0.1) is 0 Å². The van der Waals surface area contributed by atoms with Crippen molar-refractivity contribution in [3.63, 3.8) is 0 Å². The van der Waals surface area contributed by atoms with E-state index in [1.54, 1.807) is 45.5 Å². The predicted octanol–water partition coefficient (Wildman–Crippen LogP) is 4.36. The van der Waals surface area contributed by atoms with Crippen molar-refractivity contribution in [1.29, 1.82) is 0 Å². The van der Waals surface area contributed by atoms with E-state index in [0.29, 0.717) is 6.54 Å². The third-order valence-electron chi connectivity index (χ3n) is 6.69. The van der Waals surface area contributed by atoms with E-state index in [1.807, 2.05) is 19.2 Å². The Kier molecular flexibility index (Phi) is 7.09. The molecule has 5 aromatic rings. The van der Waals surface area contributed by atoms with Crippen molar-refractivity contribution in [2.45, 2.75) is 6.10 Å². The molecule has 1 aromatic heterocycles. The molecule has 0 fully saturated rings. The summed E-state index contributed by atoms with van der Waals surface area (Å²) in [4.78, 5) is 0. The molecular formula is C30H31N2O6+. The van der Waals surface area contributed by atoms with Crippen molar-refractivity contribution in [3.05, 3.63) is 72.4 Å². The number of aromatic nitrogens is 1. The summed E-state index contributed by atoms with van der Waals surface area (Å²) in [5, 5.41) is 27.0. The molecule has 0 spiro atoms. The van der Waals surface area contributed by atoms with Crippen LogP contribution in [0.4, 0.5) is 0 Å². The van der Waals surface area contributed by atoms with Crippen LogP contribution in [0.2, 0.25) is 0 Å². The van der Waals surface area contributed by atoms with Gasteiger partial charge in [0.1, 0.15) is 12.8 Å². The Morgan fingerprint density at radius 1 is 0.921 bits per heavy atom. The van der Waals surface area contributed by atoms with Gasteiger partial charge in [0.2, 0.25) is 12.3 Å². The van der Waals surface area contributed by atoms with Crippen LogP contribution in [0, 0.1) is 0 Å². The molecule has 0 aliphatic carbocycles. The Hall–Kier alpha value is -4.27. The van der Waals surface area contributed by atoms with Crippen molar-refractivity contribution in [3.8, 4) is 28.7 Å². The monoisotopic (exact) mass is 515 g/mol. The minimum absolute atomic E-state index is 0.183. The van der Waals surface area contributed by atoms with Crippen LogP contribution in [0.25, 0.3) is 32.4 Å². The molecule has 0 unspecified atom stereocenters. The molecule has 0 saturated carbocycles. The number of aryl methyl sites for hydroxylation is 1. The summed E-state index contributed by atoms with van der Waals surface area (Å²) in [6.45, 7) is 0.763. The Labute approximate surface area is 220 Å². The Morgan fingerprint density at radius 3 is 2.39 bits per heavy atom. The highest BCUT2D eigenvalue weighted by molar-refractivity contribution is 6.15. The second-order valence-corrected chi connectivity index (χ2v) is 9.06. The molecule has 38 heavy (non-hydrogen) atoms. The van der Waals surface area contributed by atoms with E-state index < -0.39 is 6.10 Å². The van der Waals surface area contributed by atoms with E-state index in [0.717, 1.165) is 61.0 Å². The van der Waals surface area contributed by atoms with Crippen LogP contribution in [0.5, 0.6) is 28.7 Å². The Bertz CT molecular complexity index is 1640. The van der Waals surface area contributed by atoms with E-state index in [1.165, 1.54) is 0 Å². The number of nitrogens with one attached hydrogen (secondary N) is 1. The van der Waals surface area contributed by atoms with Crippen molar-refractivity contribution in [1.82, 2.24) is 5.32 Å². The van der Waals surface area contributed by atoms with Crippen molar-refractivity contribution < 1.29 is 33.7 Å². The molecule has 1 aliphatic heterocycles. The van der Waals surface area contributed by atoms with Crippen LogP contribution in [0.15, 0.2) is 66.9 Å². The second kappa shape index (κ2) is 10.6. The number of benzene rings is 4. The first-order valence-corrected chi connectivity index (χ1v) is 12.3. The van der Waals surface area contributed by atoms with E-state index in [2.05, 4.69) is 40.3 Å². The molecule has 0 bridgehead atoms. The minimum Gasteiger partial charge on any atom is -0.508 e. The third kappa shape index (κ3) is 4.60. The molecule has 0 saturated heterocycles. The number of aromatic hydroxyl groups is 1. The molecule has 2 heterocycles. The maximum atomic E-state index is 9.47. The fourth-order valence-electron chi connectivity index (χ4n) is 4.91. The summed E-state index contributed by atoms with van der Waals surface area (Å²) < 4.78 is 24.3. The topological polar surface area (TPSA) is 93.3 Å². The highest BCUT2D eigenvalue weighted by Gasteiger charge is 2.22. The van der Waals surface area contributed by atoms with Gasteiger partial charge in [-0.1, -0.05) is 18.2 Å². The first-order valence-electron chi connectivity index (χ1n) is 12.3. The van der Waals surface area contributed by atoms with Gasteiger partial charge >= 0.3 is 0 Å². The maximum absolute atomic E-state index is 9.47. The zero-order valence-electron chi connectivity index (χ0n) is 21.8. The summed E-state index contributed by atoms with van der Waals surface area (Å²) in [5.74, 6) is 3.24. The summed E-state index contributed by atoms with van der Waals surface area (Å²) >= 11 is 0. The smallest absolute Gasteiger partial charge is 0.231 e. The largest absolute Gasteiger partial charge is 0.508 e. The molecule has 6 rings (SSSR count). The molecule has 0 radical (unpaired) electrons. The van der Waals surface area contributed by atoms with Crippen LogP contribution in [-0.4, -0.2) is 44.8 Å². The summed E-state index contributed by atoms with van der Waals surface area (Å²) in [5.41, 5.74) is 1.87. The fourth-order valence-corrected chi connectivity index (χ4v) is 4.91. The van der Waals surface area contributed by atoms with Crippen LogP contribution >= 0.6 is 0 Å². The van der Waals surface area contributed by atoms with E-state index in [-0.39, 0.29) is 12.5 Å². The predicted molar refractivity (Wildman–Crippen MR) is 146 cm³/mol. The van der Waals surface area contributed by atoms with Crippen LogP contribution < -0.4 is 28.8 Å². The summed E-state index contributed by atoms with van der Waals surface area (Å²) in [6, 6.07) is 19.0. The number of hydrogen-bond donors (Lipinski definition) is 3. The lowest BCUT2D eigenvalue weighted by Crippen LogP contribution is -2.28. The van der Waals surface area contributed by atoms with Gasteiger partial charge in [0, 0.05) is 11.9 Å².